The predicted octanol–water partition coefficient (Wildman–Crippen LogP) is 3.59. The Kier molecular flexibility index (Phi) is 4.96. The zero-order valence-electron chi connectivity index (χ0n) is 13.8. The topological polar surface area (TPSA) is 61.4 Å². The average Bonchev–Trinajstić information content (AvgIpc) is 3.31. The fraction of sp³-hybridized carbons (Fsp3) is 0.500. The van der Waals surface area contributed by atoms with Gasteiger partial charge in [-0.05, 0) is 61.0 Å². The Bertz CT molecular complexity index is 668. The van der Waals surface area contributed by atoms with E-state index < -0.39 is 0 Å². The number of rotatable bonds is 6. The predicted molar refractivity (Wildman–Crippen MR) is 95.0 cm³/mol. The maximum absolute atomic E-state index is 13.0. The van der Waals surface area contributed by atoms with Crippen LogP contribution in [0.15, 0.2) is 36.7 Å². The molecule has 2 heterocycles. The molecule has 0 amide bonds. The van der Waals surface area contributed by atoms with Crippen LogP contribution in [0.4, 0.5) is 4.39 Å². The van der Waals surface area contributed by atoms with Crippen LogP contribution in [0.25, 0.3) is 0 Å². The van der Waals surface area contributed by atoms with Gasteiger partial charge in [-0.1, -0.05) is 0 Å². The van der Waals surface area contributed by atoms with Gasteiger partial charge in [-0.3, -0.25) is 5.10 Å². The van der Waals surface area contributed by atoms with Crippen molar-refractivity contribution in [1.82, 2.24) is 15.1 Å². The molecule has 1 saturated heterocycles. The summed E-state index contributed by atoms with van der Waals surface area (Å²) < 4.78 is 28.6. The lowest BCUT2D eigenvalue weighted by Gasteiger charge is -2.23. The van der Waals surface area contributed by atoms with E-state index in [-0.39, 0.29) is 17.2 Å². The first-order valence-corrected chi connectivity index (χ1v) is 9.48. The standard InChI is InChI=1S/C18H22FN3O2S/c19-15-1-3-16(4-2-15)24-17-5-12-9-22(10-13(12)6-17)11-18(25-23)14-7-20-21-8-14/h1-4,7-8,12-13,17-18,23H,5-6,9-11H2,(H,20,21)/t12-,13+,17+,18?. The number of H-pyrrole nitrogens is 1. The molecule has 4 rings (SSSR count). The second-order valence-electron chi connectivity index (χ2n) is 7.03. The third kappa shape index (κ3) is 3.83. The zero-order valence-corrected chi connectivity index (χ0v) is 14.7. The smallest absolute Gasteiger partial charge is 0.123 e. The molecule has 134 valence electrons. The van der Waals surface area contributed by atoms with Crippen LogP contribution in [0.1, 0.15) is 23.7 Å². The van der Waals surface area contributed by atoms with Crippen molar-refractivity contribution in [3.05, 3.63) is 48.0 Å². The third-order valence-corrected chi connectivity index (χ3v) is 6.02. The van der Waals surface area contributed by atoms with Crippen LogP contribution in [0.5, 0.6) is 5.75 Å². The average molecular weight is 363 g/mol. The van der Waals surface area contributed by atoms with E-state index in [2.05, 4.69) is 15.1 Å². The van der Waals surface area contributed by atoms with Crippen LogP contribution in [0.2, 0.25) is 0 Å². The Hall–Kier alpha value is -1.57. The fourth-order valence-electron chi connectivity index (χ4n) is 4.16. The molecule has 1 aromatic carbocycles. The van der Waals surface area contributed by atoms with Crippen LogP contribution >= 0.6 is 12.0 Å². The van der Waals surface area contributed by atoms with Crippen molar-refractivity contribution in [3.8, 4) is 5.75 Å². The second-order valence-corrected chi connectivity index (χ2v) is 7.81. The van der Waals surface area contributed by atoms with Crippen LogP contribution in [0, 0.1) is 17.7 Å². The molecule has 2 aromatic rings. The number of aromatic amines is 1. The fourth-order valence-corrected chi connectivity index (χ4v) is 4.69. The lowest BCUT2D eigenvalue weighted by molar-refractivity contribution is 0.185. The molecule has 25 heavy (non-hydrogen) atoms. The monoisotopic (exact) mass is 363 g/mol. The summed E-state index contributed by atoms with van der Waals surface area (Å²) in [6, 6.07) is 6.28. The summed E-state index contributed by atoms with van der Waals surface area (Å²) in [6.45, 7) is 2.92. The zero-order chi connectivity index (χ0) is 17.2. The van der Waals surface area contributed by atoms with Gasteiger partial charge in [0, 0.05) is 31.4 Å². The highest BCUT2D eigenvalue weighted by molar-refractivity contribution is 7.94. The number of hydrogen-bond acceptors (Lipinski definition) is 5. The summed E-state index contributed by atoms with van der Waals surface area (Å²) in [5.74, 6) is 1.79. The van der Waals surface area contributed by atoms with Crippen LogP contribution in [0.3, 0.4) is 0 Å². The van der Waals surface area contributed by atoms with Gasteiger partial charge in [-0.15, -0.1) is 0 Å². The minimum Gasteiger partial charge on any atom is -0.490 e. The molecule has 2 fully saturated rings. The highest BCUT2D eigenvalue weighted by atomic mass is 32.2. The molecule has 2 aliphatic rings. The van der Waals surface area contributed by atoms with Gasteiger partial charge in [-0.25, -0.2) is 4.39 Å². The van der Waals surface area contributed by atoms with Gasteiger partial charge in [0.15, 0.2) is 0 Å². The summed E-state index contributed by atoms with van der Waals surface area (Å²) in [5.41, 5.74) is 1.03. The van der Waals surface area contributed by atoms with E-state index in [0.717, 1.165) is 55.8 Å². The number of nitrogens with zero attached hydrogens (tertiary/aromatic N) is 2. The minimum atomic E-state index is -0.236. The van der Waals surface area contributed by atoms with Gasteiger partial charge in [0.05, 0.1) is 17.6 Å². The second kappa shape index (κ2) is 7.35. The van der Waals surface area contributed by atoms with E-state index in [1.54, 1.807) is 18.3 Å². The lowest BCUT2D eigenvalue weighted by Crippen LogP contribution is -2.28. The van der Waals surface area contributed by atoms with Gasteiger partial charge in [0.2, 0.25) is 0 Å². The number of nitrogens with one attached hydrogen (secondary N) is 1. The molecular formula is C18H22FN3O2S. The summed E-state index contributed by atoms with van der Waals surface area (Å²) in [4.78, 5) is 2.43. The molecule has 1 aromatic heterocycles. The van der Waals surface area contributed by atoms with E-state index in [9.17, 15) is 8.94 Å². The molecule has 0 bridgehead atoms. The summed E-state index contributed by atoms with van der Waals surface area (Å²) in [7, 11) is 0. The highest BCUT2D eigenvalue weighted by Gasteiger charge is 2.42. The van der Waals surface area contributed by atoms with Gasteiger partial charge < -0.3 is 14.2 Å². The first-order chi connectivity index (χ1) is 12.2. The Labute approximate surface area is 150 Å². The van der Waals surface area contributed by atoms with Crippen molar-refractivity contribution in [1.29, 1.82) is 0 Å². The number of hydrogen-bond donors (Lipinski definition) is 2. The van der Waals surface area contributed by atoms with E-state index >= 15 is 0 Å². The largest absolute Gasteiger partial charge is 0.490 e. The normalized spacial score (nSPS) is 27.4. The Balaban J connectivity index is 1.29. The maximum atomic E-state index is 13.0. The first-order valence-electron chi connectivity index (χ1n) is 8.64. The van der Waals surface area contributed by atoms with Gasteiger partial charge in [0.1, 0.15) is 11.6 Å². The number of likely N-dealkylation sites (tertiary alicyclic amines) is 1. The molecule has 1 aliphatic heterocycles. The lowest BCUT2D eigenvalue weighted by atomic mass is 10.0. The SMILES string of the molecule is OSC(CN1C[C@H]2C[C@H](Oc3ccc(F)cc3)C[C@H]2C1)c1cn[nH]c1. The molecule has 1 unspecified atom stereocenters. The molecule has 2 N–H and O–H groups in total. The first kappa shape index (κ1) is 16.9. The Morgan fingerprint density at radius 2 is 2.00 bits per heavy atom. The van der Waals surface area contributed by atoms with Gasteiger partial charge in [-0.2, -0.15) is 5.10 Å². The van der Waals surface area contributed by atoms with E-state index in [0.29, 0.717) is 11.8 Å². The summed E-state index contributed by atoms with van der Waals surface area (Å²) in [5, 5.41) is 6.81. The number of aromatic nitrogens is 2. The van der Waals surface area contributed by atoms with Crippen molar-refractivity contribution >= 4 is 12.0 Å². The van der Waals surface area contributed by atoms with Crippen LogP contribution < -0.4 is 4.74 Å². The van der Waals surface area contributed by atoms with Crippen molar-refractivity contribution < 1.29 is 13.7 Å². The van der Waals surface area contributed by atoms with Crippen LogP contribution in [-0.2, 0) is 0 Å². The van der Waals surface area contributed by atoms with E-state index in [4.69, 9.17) is 4.74 Å². The quantitative estimate of drug-likeness (QED) is 0.768. The molecule has 1 aliphatic carbocycles. The molecule has 4 atom stereocenters. The van der Waals surface area contributed by atoms with Crippen molar-refractivity contribution in [2.24, 2.45) is 11.8 Å². The Morgan fingerprint density at radius 3 is 2.60 bits per heavy atom. The minimum absolute atomic E-state index is 0.0313. The molecule has 0 spiro atoms. The molecule has 7 heteroatoms. The van der Waals surface area contributed by atoms with Gasteiger partial charge in [0.25, 0.3) is 0 Å². The number of benzene rings is 1. The molecule has 1 saturated carbocycles. The number of ether oxygens (including phenoxy) is 1. The number of halogens is 1. The molecule has 5 nitrogen and oxygen atoms in total. The maximum Gasteiger partial charge on any atom is 0.123 e. The highest BCUT2D eigenvalue weighted by Crippen LogP contribution is 2.41. The summed E-state index contributed by atoms with van der Waals surface area (Å²) >= 11 is 0.889. The number of fused-ring (bicyclic) bond motifs is 1. The summed E-state index contributed by atoms with van der Waals surface area (Å²) in [6.07, 6.45) is 5.93. The van der Waals surface area contributed by atoms with E-state index in [1.807, 2.05) is 6.20 Å². The Morgan fingerprint density at radius 1 is 1.28 bits per heavy atom. The molecular weight excluding hydrogens is 341 g/mol. The van der Waals surface area contributed by atoms with Crippen molar-refractivity contribution in [2.75, 3.05) is 19.6 Å². The van der Waals surface area contributed by atoms with E-state index in [1.165, 1.54) is 12.1 Å². The van der Waals surface area contributed by atoms with Crippen LogP contribution in [-0.4, -0.2) is 45.4 Å². The third-order valence-electron chi connectivity index (χ3n) is 5.34. The van der Waals surface area contributed by atoms with Gasteiger partial charge >= 0.3 is 0 Å². The van der Waals surface area contributed by atoms with Crippen molar-refractivity contribution in [2.45, 2.75) is 24.2 Å². The van der Waals surface area contributed by atoms with Crippen molar-refractivity contribution in [3.63, 3.8) is 0 Å². The molecule has 0 radical (unpaired) electrons.